The fraction of sp³-hybridized carbons (Fsp3) is 0.0667. The van der Waals surface area contributed by atoms with Gasteiger partial charge in [-0.05, 0) is 46.9 Å². The van der Waals surface area contributed by atoms with Crippen LogP contribution in [0.3, 0.4) is 0 Å². The van der Waals surface area contributed by atoms with Gasteiger partial charge in [0, 0.05) is 3.57 Å². The van der Waals surface area contributed by atoms with Crippen LogP contribution in [0.4, 0.5) is 5.69 Å². The number of hydrogen-bond donors (Lipinski definition) is 1. The Hall–Kier alpha value is -1.12. The largest absolute Gasteiger partial charge is 0.324 e. The molecule has 0 aliphatic heterocycles. The van der Waals surface area contributed by atoms with Crippen LogP contribution in [0.1, 0.15) is 0 Å². The summed E-state index contributed by atoms with van der Waals surface area (Å²) in [5.74, 6) is 0.355. The number of benzene rings is 2. The minimum absolute atomic E-state index is 0.0108. The Balaban J connectivity index is 1.62. The van der Waals surface area contributed by atoms with Gasteiger partial charge in [0.2, 0.25) is 5.91 Å². The molecule has 0 unspecified atom stereocenters. The Labute approximate surface area is 144 Å². The Bertz CT molecular complexity index is 755. The smallest absolute Gasteiger partial charge is 0.234 e. The number of fused-ring (bicyclic) bond motifs is 1. The number of anilines is 1. The van der Waals surface area contributed by atoms with Crippen LogP contribution in [0, 0.1) is 3.57 Å². The molecular formula is C15H11IN2OS2. The number of aromatic nitrogens is 1. The normalized spacial score (nSPS) is 10.7. The molecule has 0 radical (unpaired) electrons. The van der Waals surface area contributed by atoms with Gasteiger partial charge in [-0.3, -0.25) is 4.79 Å². The van der Waals surface area contributed by atoms with Gasteiger partial charge in [-0.25, -0.2) is 4.98 Å². The van der Waals surface area contributed by atoms with Crippen LogP contribution in [0.5, 0.6) is 0 Å². The molecular weight excluding hydrogens is 415 g/mol. The second-order valence-electron chi connectivity index (χ2n) is 4.26. The summed E-state index contributed by atoms with van der Waals surface area (Å²) in [6.45, 7) is 0. The van der Waals surface area contributed by atoms with Crippen molar-refractivity contribution in [1.82, 2.24) is 4.98 Å². The Morgan fingerprint density at radius 2 is 1.95 bits per heavy atom. The molecule has 2 aromatic carbocycles. The predicted molar refractivity (Wildman–Crippen MR) is 98.1 cm³/mol. The van der Waals surface area contributed by atoms with Gasteiger partial charge in [0.25, 0.3) is 0 Å². The lowest BCUT2D eigenvalue weighted by Crippen LogP contribution is -2.14. The maximum atomic E-state index is 12.0. The van der Waals surface area contributed by atoms with Crippen LogP contribution in [0.15, 0.2) is 52.9 Å². The lowest BCUT2D eigenvalue weighted by Gasteiger charge is -2.05. The molecule has 21 heavy (non-hydrogen) atoms. The van der Waals surface area contributed by atoms with Gasteiger partial charge >= 0.3 is 0 Å². The quantitative estimate of drug-likeness (QED) is 0.489. The van der Waals surface area contributed by atoms with Gasteiger partial charge in [-0.1, -0.05) is 36.0 Å². The summed E-state index contributed by atoms with van der Waals surface area (Å²) >= 11 is 5.30. The molecule has 1 N–H and O–H groups in total. The van der Waals surface area contributed by atoms with Crippen molar-refractivity contribution in [3.05, 3.63) is 52.1 Å². The Kier molecular flexibility index (Phi) is 4.77. The number of para-hydroxylation sites is 2. The van der Waals surface area contributed by atoms with E-state index in [0.29, 0.717) is 5.75 Å². The highest BCUT2D eigenvalue weighted by Crippen LogP contribution is 2.29. The molecule has 1 aromatic heterocycles. The summed E-state index contributed by atoms with van der Waals surface area (Å²) in [6.07, 6.45) is 0. The van der Waals surface area contributed by atoms with E-state index >= 15 is 0 Å². The maximum absolute atomic E-state index is 12.0. The minimum atomic E-state index is -0.0108. The standard InChI is InChI=1S/C15H11IN2OS2/c16-10-5-1-2-6-11(10)17-14(19)9-20-15-18-12-7-3-4-8-13(12)21-15/h1-8H,9H2,(H,17,19). The Morgan fingerprint density at radius 1 is 1.19 bits per heavy atom. The van der Waals surface area contributed by atoms with Crippen molar-refractivity contribution in [1.29, 1.82) is 0 Å². The summed E-state index contributed by atoms with van der Waals surface area (Å²) in [5.41, 5.74) is 1.84. The predicted octanol–water partition coefficient (Wildman–Crippen LogP) is 4.63. The zero-order valence-electron chi connectivity index (χ0n) is 10.9. The van der Waals surface area contributed by atoms with E-state index in [4.69, 9.17) is 0 Å². The summed E-state index contributed by atoms with van der Waals surface area (Å²) < 4.78 is 3.11. The average Bonchev–Trinajstić information content (AvgIpc) is 2.90. The molecule has 0 fully saturated rings. The van der Waals surface area contributed by atoms with Gasteiger partial charge in [0.1, 0.15) is 0 Å². The van der Waals surface area contributed by atoms with Crippen LogP contribution in [-0.2, 0) is 4.79 Å². The SMILES string of the molecule is O=C(CSc1nc2ccccc2s1)Nc1ccccc1I. The number of rotatable bonds is 4. The van der Waals surface area contributed by atoms with Crippen molar-refractivity contribution in [2.75, 3.05) is 11.1 Å². The van der Waals surface area contributed by atoms with Gasteiger partial charge in [0.05, 0.1) is 21.7 Å². The fourth-order valence-electron chi connectivity index (χ4n) is 1.79. The lowest BCUT2D eigenvalue weighted by atomic mass is 10.3. The van der Waals surface area contributed by atoms with Crippen LogP contribution < -0.4 is 5.32 Å². The highest BCUT2D eigenvalue weighted by atomic mass is 127. The zero-order valence-corrected chi connectivity index (χ0v) is 14.7. The summed E-state index contributed by atoms with van der Waals surface area (Å²) in [6, 6.07) is 15.7. The molecule has 3 nitrogen and oxygen atoms in total. The number of hydrogen-bond acceptors (Lipinski definition) is 4. The van der Waals surface area contributed by atoms with Gasteiger partial charge in [0.15, 0.2) is 4.34 Å². The lowest BCUT2D eigenvalue weighted by molar-refractivity contribution is -0.113. The molecule has 3 rings (SSSR count). The molecule has 0 bridgehead atoms. The topological polar surface area (TPSA) is 42.0 Å². The molecule has 0 aliphatic rings. The molecule has 6 heteroatoms. The van der Waals surface area contributed by atoms with Crippen LogP contribution >= 0.6 is 45.7 Å². The number of nitrogens with zero attached hydrogens (tertiary/aromatic N) is 1. The van der Waals surface area contributed by atoms with Crippen LogP contribution in [0.25, 0.3) is 10.2 Å². The zero-order chi connectivity index (χ0) is 14.7. The first-order valence-corrected chi connectivity index (χ1v) is 9.13. The fourth-order valence-corrected chi connectivity index (χ4v) is 4.18. The molecule has 0 saturated carbocycles. The number of carbonyl (C=O) groups is 1. The number of halogens is 1. The van der Waals surface area contributed by atoms with Gasteiger partial charge in [-0.2, -0.15) is 0 Å². The molecule has 0 saturated heterocycles. The first kappa shape index (κ1) is 14.8. The van der Waals surface area contributed by atoms with Gasteiger partial charge in [-0.15, -0.1) is 11.3 Å². The number of thioether (sulfide) groups is 1. The number of amides is 1. The average molecular weight is 426 g/mol. The van der Waals surface area contributed by atoms with E-state index in [1.807, 2.05) is 48.5 Å². The van der Waals surface area contributed by atoms with Crippen molar-refractivity contribution < 1.29 is 4.79 Å². The monoisotopic (exact) mass is 426 g/mol. The van der Waals surface area contributed by atoms with E-state index in [0.717, 1.165) is 23.8 Å². The first-order valence-electron chi connectivity index (χ1n) is 6.25. The van der Waals surface area contributed by atoms with E-state index in [1.54, 1.807) is 11.3 Å². The van der Waals surface area contributed by atoms with E-state index in [-0.39, 0.29) is 5.91 Å². The summed E-state index contributed by atoms with van der Waals surface area (Å²) in [7, 11) is 0. The molecule has 0 spiro atoms. The summed E-state index contributed by atoms with van der Waals surface area (Å²) in [4.78, 5) is 16.5. The highest BCUT2D eigenvalue weighted by Gasteiger charge is 2.08. The van der Waals surface area contributed by atoms with Crippen molar-refractivity contribution in [2.24, 2.45) is 0 Å². The maximum Gasteiger partial charge on any atom is 0.234 e. The molecule has 0 aliphatic carbocycles. The molecule has 3 aromatic rings. The third-order valence-corrected chi connectivity index (χ3v) is 5.87. The van der Waals surface area contributed by atoms with E-state index in [2.05, 4.69) is 32.9 Å². The van der Waals surface area contributed by atoms with Crippen molar-refractivity contribution in [2.45, 2.75) is 4.34 Å². The minimum Gasteiger partial charge on any atom is -0.324 e. The third kappa shape index (κ3) is 3.75. The van der Waals surface area contributed by atoms with E-state index in [1.165, 1.54) is 11.8 Å². The van der Waals surface area contributed by atoms with Crippen molar-refractivity contribution in [3.8, 4) is 0 Å². The van der Waals surface area contributed by atoms with Crippen molar-refractivity contribution in [3.63, 3.8) is 0 Å². The Morgan fingerprint density at radius 3 is 2.76 bits per heavy atom. The van der Waals surface area contributed by atoms with E-state index in [9.17, 15) is 4.79 Å². The summed E-state index contributed by atoms with van der Waals surface area (Å²) in [5, 5.41) is 2.92. The van der Waals surface area contributed by atoms with Gasteiger partial charge < -0.3 is 5.32 Å². The second-order valence-corrected chi connectivity index (χ2v) is 7.68. The number of thiazole rings is 1. The number of carbonyl (C=O) groups excluding carboxylic acids is 1. The second kappa shape index (κ2) is 6.76. The van der Waals surface area contributed by atoms with Crippen LogP contribution in [-0.4, -0.2) is 16.6 Å². The first-order chi connectivity index (χ1) is 10.2. The van der Waals surface area contributed by atoms with Crippen molar-refractivity contribution >= 4 is 67.5 Å². The van der Waals surface area contributed by atoms with E-state index < -0.39 is 0 Å². The molecule has 0 atom stereocenters. The van der Waals surface area contributed by atoms with Crippen LogP contribution in [0.2, 0.25) is 0 Å². The molecule has 1 heterocycles. The third-order valence-electron chi connectivity index (χ3n) is 2.75. The molecule has 1 amide bonds. The molecule has 106 valence electrons. The highest BCUT2D eigenvalue weighted by molar-refractivity contribution is 14.1. The number of nitrogens with one attached hydrogen (secondary N) is 1.